The molecule has 1 aromatic heterocycles. The van der Waals surface area contributed by atoms with Crippen molar-refractivity contribution in [3.8, 4) is 22.9 Å². The Morgan fingerprint density at radius 3 is 2.52 bits per heavy atom. The first-order chi connectivity index (χ1) is 13.7. The van der Waals surface area contributed by atoms with Gasteiger partial charge in [-0.15, -0.1) is 0 Å². The number of nitrogens with zero attached hydrogens (tertiary/aromatic N) is 2. The zero-order valence-electron chi connectivity index (χ0n) is 17.1. The van der Waals surface area contributed by atoms with Crippen molar-refractivity contribution < 1.29 is 33.1 Å². The predicted molar refractivity (Wildman–Crippen MR) is 101 cm³/mol. The summed E-state index contributed by atoms with van der Waals surface area (Å²) in [7, 11) is 3.07. The number of amides is 1. The van der Waals surface area contributed by atoms with E-state index in [2.05, 4.69) is 15.5 Å². The number of ether oxygens (including phenoxy) is 4. The van der Waals surface area contributed by atoms with E-state index < -0.39 is 17.7 Å². The van der Waals surface area contributed by atoms with Gasteiger partial charge in [-0.1, -0.05) is 5.16 Å². The molecule has 10 nitrogen and oxygen atoms in total. The molecule has 1 N–H and O–H groups in total. The Kier molecular flexibility index (Phi) is 7.40. The summed E-state index contributed by atoms with van der Waals surface area (Å²) >= 11 is 0. The van der Waals surface area contributed by atoms with Gasteiger partial charge < -0.3 is 28.8 Å². The van der Waals surface area contributed by atoms with Crippen molar-refractivity contribution in [2.75, 3.05) is 20.8 Å². The third-order valence-electron chi connectivity index (χ3n) is 3.46. The van der Waals surface area contributed by atoms with Crippen LogP contribution in [0.2, 0.25) is 0 Å². The van der Waals surface area contributed by atoms with Crippen LogP contribution in [0.15, 0.2) is 22.7 Å². The van der Waals surface area contributed by atoms with Crippen molar-refractivity contribution in [3.63, 3.8) is 0 Å². The average molecular weight is 407 g/mol. The Morgan fingerprint density at radius 1 is 1.14 bits per heavy atom. The molecular weight excluding hydrogens is 382 g/mol. The number of nitrogens with one attached hydrogen (secondary N) is 1. The van der Waals surface area contributed by atoms with Gasteiger partial charge in [-0.2, -0.15) is 4.98 Å². The van der Waals surface area contributed by atoms with Crippen LogP contribution in [0.5, 0.6) is 11.5 Å². The summed E-state index contributed by atoms with van der Waals surface area (Å²) in [5.41, 5.74) is 0.0549. The van der Waals surface area contributed by atoms with E-state index in [1.165, 1.54) is 7.11 Å². The van der Waals surface area contributed by atoms with Crippen LogP contribution in [0, 0.1) is 0 Å². The molecule has 158 valence electrons. The SMILES string of the molecule is COc1ccc(-c2noc(COC(=O)CCNC(=O)OC(C)(C)C)n2)cc1OC. The topological polar surface area (TPSA) is 122 Å². The molecule has 0 aliphatic rings. The number of aromatic nitrogens is 2. The van der Waals surface area contributed by atoms with Crippen LogP contribution in [0.4, 0.5) is 4.79 Å². The van der Waals surface area contributed by atoms with Crippen LogP contribution in [0.3, 0.4) is 0 Å². The van der Waals surface area contributed by atoms with Crippen molar-refractivity contribution in [3.05, 3.63) is 24.1 Å². The summed E-state index contributed by atoms with van der Waals surface area (Å²) in [4.78, 5) is 27.5. The second kappa shape index (κ2) is 9.76. The van der Waals surface area contributed by atoms with Gasteiger partial charge in [-0.3, -0.25) is 4.79 Å². The fourth-order valence-corrected chi connectivity index (χ4v) is 2.20. The average Bonchev–Trinajstić information content (AvgIpc) is 3.13. The van der Waals surface area contributed by atoms with Crippen molar-refractivity contribution in [2.24, 2.45) is 0 Å². The first-order valence-electron chi connectivity index (χ1n) is 8.89. The molecule has 2 rings (SSSR count). The third-order valence-corrected chi connectivity index (χ3v) is 3.46. The number of alkyl carbamates (subject to hydrolysis) is 1. The van der Waals surface area contributed by atoms with Gasteiger partial charge in [-0.05, 0) is 39.0 Å². The molecule has 0 saturated heterocycles. The van der Waals surface area contributed by atoms with Crippen molar-refractivity contribution in [2.45, 2.75) is 39.4 Å². The zero-order valence-corrected chi connectivity index (χ0v) is 17.1. The summed E-state index contributed by atoms with van der Waals surface area (Å²) in [6.07, 6.45) is -0.614. The Hall–Kier alpha value is -3.30. The van der Waals surface area contributed by atoms with E-state index in [4.69, 9.17) is 23.5 Å². The summed E-state index contributed by atoms with van der Waals surface area (Å²) < 4.78 is 25.7. The fourth-order valence-electron chi connectivity index (χ4n) is 2.20. The number of benzene rings is 1. The minimum Gasteiger partial charge on any atom is -0.493 e. The van der Waals surface area contributed by atoms with Crippen LogP contribution >= 0.6 is 0 Å². The maximum atomic E-state index is 11.8. The number of hydrogen-bond acceptors (Lipinski definition) is 9. The van der Waals surface area contributed by atoms with E-state index in [9.17, 15) is 9.59 Å². The lowest BCUT2D eigenvalue weighted by Crippen LogP contribution is -2.33. The lowest BCUT2D eigenvalue weighted by atomic mass is 10.2. The monoisotopic (exact) mass is 407 g/mol. The van der Waals surface area contributed by atoms with Gasteiger partial charge in [0.2, 0.25) is 5.82 Å². The quantitative estimate of drug-likeness (QED) is 0.658. The van der Waals surface area contributed by atoms with Gasteiger partial charge in [-0.25, -0.2) is 4.79 Å². The smallest absolute Gasteiger partial charge is 0.407 e. The van der Waals surface area contributed by atoms with Gasteiger partial charge in [0.25, 0.3) is 5.89 Å². The van der Waals surface area contributed by atoms with Gasteiger partial charge in [0, 0.05) is 12.1 Å². The molecule has 2 aromatic rings. The normalized spacial score (nSPS) is 10.9. The fraction of sp³-hybridized carbons (Fsp3) is 0.474. The molecule has 0 unspecified atom stereocenters. The summed E-state index contributed by atoms with van der Waals surface area (Å²) in [5, 5.41) is 6.35. The molecule has 0 saturated carbocycles. The number of carbonyl (C=O) groups excluding carboxylic acids is 2. The first-order valence-corrected chi connectivity index (χ1v) is 8.89. The van der Waals surface area contributed by atoms with Gasteiger partial charge in [0.15, 0.2) is 18.1 Å². The summed E-state index contributed by atoms with van der Waals surface area (Å²) in [6, 6.07) is 5.19. The van der Waals surface area contributed by atoms with Crippen LogP contribution in [0.1, 0.15) is 33.1 Å². The van der Waals surface area contributed by atoms with E-state index in [-0.39, 0.29) is 25.5 Å². The highest BCUT2D eigenvalue weighted by molar-refractivity contribution is 5.72. The summed E-state index contributed by atoms with van der Waals surface area (Å²) in [5.74, 6) is 1.05. The molecule has 10 heteroatoms. The summed E-state index contributed by atoms with van der Waals surface area (Å²) in [6.45, 7) is 5.17. The van der Waals surface area contributed by atoms with Crippen LogP contribution in [-0.2, 0) is 20.9 Å². The lowest BCUT2D eigenvalue weighted by molar-refractivity contribution is -0.145. The highest BCUT2D eigenvalue weighted by atomic mass is 16.6. The van der Waals surface area contributed by atoms with E-state index in [1.54, 1.807) is 46.1 Å². The van der Waals surface area contributed by atoms with Crippen LogP contribution in [0.25, 0.3) is 11.4 Å². The van der Waals surface area contributed by atoms with Gasteiger partial charge in [0.05, 0.1) is 20.6 Å². The molecular formula is C19H25N3O7. The second-order valence-corrected chi connectivity index (χ2v) is 6.92. The maximum Gasteiger partial charge on any atom is 0.407 e. The Bertz CT molecular complexity index is 843. The Morgan fingerprint density at radius 2 is 1.86 bits per heavy atom. The molecule has 0 aliphatic carbocycles. The predicted octanol–water partition coefficient (Wildman–Crippen LogP) is 2.71. The highest BCUT2D eigenvalue weighted by Crippen LogP contribution is 2.31. The highest BCUT2D eigenvalue weighted by Gasteiger charge is 2.17. The first kappa shape index (κ1) is 22.0. The Labute approximate surface area is 168 Å². The lowest BCUT2D eigenvalue weighted by Gasteiger charge is -2.19. The van der Waals surface area contributed by atoms with Crippen LogP contribution < -0.4 is 14.8 Å². The largest absolute Gasteiger partial charge is 0.493 e. The minimum absolute atomic E-state index is 0.0179. The van der Waals surface area contributed by atoms with E-state index in [0.29, 0.717) is 22.9 Å². The minimum atomic E-state index is -0.603. The van der Waals surface area contributed by atoms with Gasteiger partial charge >= 0.3 is 12.1 Å². The molecule has 29 heavy (non-hydrogen) atoms. The Balaban J connectivity index is 1.82. The molecule has 0 atom stereocenters. The third kappa shape index (κ3) is 6.98. The number of esters is 1. The standard InChI is InChI=1S/C19H25N3O7/c1-19(2,3)28-18(24)20-9-8-16(23)27-11-15-21-17(22-29-15)12-6-7-13(25-4)14(10-12)26-5/h6-7,10H,8-9,11H2,1-5H3,(H,20,24). The molecule has 0 aliphatic heterocycles. The van der Waals surface area contributed by atoms with Gasteiger partial charge in [0.1, 0.15) is 5.60 Å². The maximum absolute atomic E-state index is 11.8. The molecule has 0 radical (unpaired) electrons. The second-order valence-electron chi connectivity index (χ2n) is 6.92. The molecule has 0 spiro atoms. The number of carbonyl (C=O) groups is 2. The van der Waals surface area contributed by atoms with Crippen molar-refractivity contribution in [1.82, 2.24) is 15.5 Å². The molecule has 0 bridgehead atoms. The van der Waals surface area contributed by atoms with Crippen molar-refractivity contribution in [1.29, 1.82) is 0 Å². The molecule has 1 heterocycles. The number of rotatable bonds is 8. The molecule has 1 amide bonds. The molecule has 1 aromatic carbocycles. The number of methoxy groups -OCH3 is 2. The van der Waals surface area contributed by atoms with E-state index in [1.807, 2.05) is 0 Å². The van der Waals surface area contributed by atoms with Crippen molar-refractivity contribution >= 4 is 12.1 Å². The zero-order chi connectivity index (χ0) is 21.4. The molecule has 0 fully saturated rings. The number of hydrogen-bond donors (Lipinski definition) is 1. The van der Waals surface area contributed by atoms with E-state index in [0.717, 1.165) is 0 Å². The van der Waals surface area contributed by atoms with E-state index >= 15 is 0 Å². The van der Waals surface area contributed by atoms with Crippen LogP contribution in [-0.4, -0.2) is 48.6 Å².